The minimum atomic E-state index is -0.430. The second kappa shape index (κ2) is 7.73. The fraction of sp³-hybridized carbons (Fsp3) is 0.438. The number of aromatic nitrogens is 3. The molecule has 0 bridgehead atoms. The third kappa shape index (κ3) is 4.29. The summed E-state index contributed by atoms with van der Waals surface area (Å²) >= 11 is 0. The second-order valence-electron chi connectivity index (χ2n) is 5.48. The van der Waals surface area contributed by atoms with Gasteiger partial charge in [0.1, 0.15) is 6.33 Å². The van der Waals surface area contributed by atoms with E-state index >= 15 is 0 Å². The predicted molar refractivity (Wildman–Crippen MR) is 89.1 cm³/mol. The fourth-order valence-corrected chi connectivity index (χ4v) is 2.17. The van der Waals surface area contributed by atoms with E-state index in [1.54, 1.807) is 25.2 Å². The number of aliphatic hydroxyl groups is 1. The van der Waals surface area contributed by atoms with E-state index in [0.29, 0.717) is 18.7 Å². The number of aliphatic hydroxyl groups excluding tert-OH is 1. The molecule has 124 valence electrons. The van der Waals surface area contributed by atoms with Crippen molar-refractivity contribution in [1.29, 1.82) is 0 Å². The molecular formula is C16H23N5O2. The van der Waals surface area contributed by atoms with E-state index in [-0.39, 0.29) is 6.03 Å². The number of aryl methyl sites for hydroxylation is 1. The van der Waals surface area contributed by atoms with Gasteiger partial charge >= 0.3 is 6.03 Å². The molecule has 1 aromatic heterocycles. The van der Waals surface area contributed by atoms with Gasteiger partial charge in [-0.05, 0) is 32.4 Å². The Balaban J connectivity index is 2.16. The number of urea groups is 1. The number of carbonyl (C=O) groups is 1. The van der Waals surface area contributed by atoms with Gasteiger partial charge in [0, 0.05) is 25.7 Å². The molecule has 0 saturated carbocycles. The van der Waals surface area contributed by atoms with Crippen molar-refractivity contribution in [2.75, 3.05) is 18.9 Å². The maximum atomic E-state index is 12.3. The maximum absolute atomic E-state index is 12.3. The molecule has 23 heavy (non-hydrogen) atoms. The van der Waals surface area contributed by atoms with Crippen molar-refractivity contribution >= 4 is 11.7 Å². The minimum Gasteiger partial charge on any atom is -0.393 e. The van der Waals surface area contributed by atoms with E-state index in [9.17, 15) is 9.90 Å². The van der Waals surface area contributed by atoms with E-state index in [4.69, 9.17) is 0 Å². The molecule has 2 aromatic rings. The van der Waals surface area contributed by atoms with Gasteiger partial charge in [-0.15, -0.1) is 10.2 Å². The molecule has 0 radical (unpaired) electrons. The van der Waals surface area contributed by atoms with Gasteiger partial charge in [-0.3, -0.25) is 0 Å². The van der Waals surface area contributed by atoms with E-state index in [1.807, 2.05) is 35.8 Å². The second-order valence-corrected chi connectivity index (χ2v) is 5.48. The first-order chi connectivity index (χ1) is 11.0. The summed E-state index contributed by atoms with van der Waals surface area (Å²) in [5.74, 6) is 0.718. The van der Waals surface area contributed by atoms with Crippen LogP contribution >= 0.6 is 0 Å². The number of anilines is 1. The van der Waals surface area contributed by atoms with Gasteiger partial charge in [0.25, 0.3) is 0 Å². The van der Waals surface area contributed by atoms with Crippen molar-refractivity contribution in [3.63, 3.8) is 0 Å². The summed E-state index contributed by atoms with van der Waals surface area (Å²) in [7, 11) is 1.70. The molecule has 1 aromatic carbocycles. The van der Waals surface area contributed by atoms with Crippen LogP contribution in [0.2, 0.25) is 0 Å². The van der Waals surface area contributed by atoms with Gasteiger partial charge in [0.15, 0.2) is 5.82 Å². The van der Waals surface area contributed by atoms with Crippen LogP contribution in [0, 0.1) is 0 Å². The van der Waals surface area contributed by atoms with E-state index in [2.05, 4.69) is 15.5 Å². The Labute approximate surface area is 136 Å². The average Bonchev–Trinajstić information content (AvgIpc) is 3.01. The van der Waals surface area contributed by atoms with Gasteiger partial charge in [0.2, 0.25) is 0 Å². The standard InChI is InChI=1S/C16H23N5O2/c1-4-21-11-17-19-15(21)13-7-5-6-8-14(13)18-16(23)20(3)10-9-12(2)22/h5-8,11-12,22H,4,9-10H2,1-3H3,(H,18,23). The molecule has 0 spiro atoms. The maximum Gasteiger partial charge on any atom is 0.321 e. The van der Waals surface area contributed by atoms with Crippen molar-refractivity contribution < 1.29 is 9.90 Å². The first-order valence-corrected chi connectivity index (χ1v) is 7.70. The molecule has 1 unspecified atom stereocenters. The number of hydrogen-bond acceptors (Lipinski definition) is 4. The van der Waals surface area contributed by atoms with Crippen LogP contribution in [0.15, 0.2) is 30.6 Å². The lowest BCUT2D eigenvalue weighted by Gasteiger charge is -2.19. The smallest absolute Gasteiger partial charge is 0.321 e. The molecule has 0 fully saturated rings. The van der Waals surface area contributed by atoms with Crippen molar-refractivity contribution in [3.05, 3.63) is 30.6 Å². The quantitative estimate of drug-likeness (QED) is 0.855. The lowest BCUT2D eigenvalue weighted by Crippen LogP contribution is -2.33. The Morgan fingerprint density at radius 2 is 2.17 bits per heavy atom. The number of hydrogen-bond donors (Lipinski definition) is 2. The summed E-state index contributed by atoms with van der Waals surface area (Å²) in [5.41, 5.74) is 1.51. The lowest BCUT2D eigenvalue weighted by atomic mass is 10.1. The zero-order valence-electron chi connectivity index (χ0n) is 13.7. The lowest BCUT2D eigenvalue weighted by molar-refractivity contribution is 0.167. The molecule has 2 amide bonds. The van der Waals surface area contributed by atoms with Crippen LogP contribution in [0.3, 0.4) is 0 Å². The Hall–Kier alpha value is -2.41. The Kier molecular flexibility index (Phi) is 5.70. The van der Waals surface area contributed by atoms with Crippen molar-refractivity contribution in [3.8, 4) is 11.4 Å². The third-order valence-electron chi connectivity index (χ3n) is 3.59. The summed E-state index contributed by atoms with van der Waals surface area (Å²) in [6.45, 7) is 4.95. The number of benzene rings is 1. The number of para-hydroxylation sites is 1. The largest absolute Gasteiger partial charge is 0.393 e. The highest BCUT2D eigenvalue weighted by Crippen LogP contribution is 2.26. The predicted octanol–water partition coefficient (Wildman–Crippen LogP) is 2.20. The van der Waals surface area contributed by atoms with Crippen molar-refractivity contribution in [2.45, 2.75) is 32.9 Å². The third-order valence-corrected chi connectivity index (χ3v) is 3.59. The molecule has 1 atom stereocenters. The molecule has 0 saturated heterocycles. The summed E-state index contributed by atoms with van der Waals surface area (Å²) in [5, 5.41) is 20.3. The molecule has 0 aliphatic rings. The molecule has 2 rings (SSSR count). The number of nitrogens with one attached hydrogen (secondary N) is 1. The molecular weight excluding hydrogens is 294 g/mol. The zero-order valence-corrected chi connectivity index (χ0v) is 13.7. The highest BCUT2D eigenvalue weighted by Gasteiger charge is 2.15. The van der Waals surface area contributed by atoms with Crippen LogP contribution in [-0.4, -0.2) is 50.5 Å². The Morgan fingerprint density at radius 1 is 1.43 bits per heavy atom. The van der Waals surface area contributed by atoms with E-state index in [1.165, 1.54) is 0 Å². The van der Waals surface area contributed by atoms with Crippen LogP contribution in [0.1, 0.15) is 20.3 Å². The summed E-state index contributed by atoms with van der Waals surface area (Å²) < 4.78 is 1.92. The Morgan fingerprint density at radius 3 is 2.87 bits per heavy atom. The van der Waals surface area contributed by atoms with Crippen LogP contribution in [0.25, 0.3) is 11.4 Å². The highest BCUT2D eigenvalue weighted by atomic mass is 16.3. The first kappa shape index (κ1) is 17.0. The van der Waals surface area contributed by atoms with Crippen LogP contribution in [-0.2, 0) is 6.54 Å². The molecule has 7 nitrogen and oxygen atoms in total. The van der Waals surface area contributed by atoms with Gasteiger partial charge in [-0.2, -0.15) is 0 Å². The SMILES string of the molecule is CCn1cnnc1-c1ccccc1NC(=O)N(C)CCC(C)O. The Bertz CT molecular complexity index is 653. The van der Waals surface area contributed by atoms with Crippen molar-refractivity contribution in [1.82, 2.24) is 19.7 Å². The van der Waals surface area contributed by atoms with Crippen LogP contribution in [0.5, 0.6) is 0 Å². The molecule has 1 heterocycles. The molecule has 0 aliphatic heterocycles. The minimum absolute atomic E-state index is 0.222. The summed E-state index contributed by atoms with van der Waals surface area (Å²) in [4.78, 5) is 13.8. The molecule has 0 aliphatic carbocycles. The van der Waals surface area contributed by atoms with E-state index < -0.39 is 6.10 Å². The van der Waals surface area contributed by atoms with Gasteiger partial charge in [-0.25, -0.2) is 4.79 Å². The van der Waals surface area contributed by atoms with Crippen LogP contribution < -0.4 is 5.32 Å². The first-order valence-electron chi connectivity index (χ1n) is 7.70. The van der Waals surface area contributed by atoms with Crippen LogP contribution in [0.4, 0.5) is 10.5 Å². The van der Waals surface area contributed by atoms with Gasteiger partial charge in [-0.1, -0.05) is 12.1 Å². The van der Waals surface area contributed by atoms with Crippen molar-refractivity contribution in [2.24, 2.45) is 0 Å². The molecule has 7 heteroatoms. The average molecular weight is 317 g/mol. The van der Waals surface area contributed by atoms with Gasteiger partial charge in [0.05, 0.1) is 11.8 Å². The summed E-state index contributed by atoms with van der Waals surface area (Å²) in [6.07, 6.45) is 1.78. The number of carbonyl (C=O) groups excluding carboxylic acids is 1. The normalized spacial score (nSPS) is 12.0. The number of nitrogens with zero attached hydrogens (tertiary/aromatic N) is 4. The summed E-state index contributed by atoms with van der Waals surface area (Å²) in [6, 6.07) is 7.28. The zero-order chi connectivity index (χ0) is 16.8. The molecule has 2 N–H and O–H groups in total. The van der Waals surface area contributed by atoms with Gasteiger partial charge < -0.3 is 19.9 Å². The fourth-order valence-electron chi connectivity index (χ4n) is 2.17. The topological polar surface area (TPSA) is 83.3 Å². The number of amides is 2. The monoisotopic (exact) mass is 317 g/mol. The van der Waals surface area contributed by atoms with E-state index in [0.717, 1.165) is 17.9 Å². The highest BCUT2D eigenvalue weighted by molar-refractivity contribution is 5.93. The number of rotatable bonds is 6.